The Morgan fingerprint density at radius 3 is 2.35 bits per heavy atom. The highest BCUT2D eigenvalue weighted by molar-refractivity contribution is 5.99. The number of aryl methyl sites for hydroxylation is 2. The van der Waals surface area contributed by atoms with Crippen LogP contribution in [0.1, 0.15) is 23.6 Å². The minimum absolute atomic E-state index is 0.0167. The molecule has 1 aliphatic heterocycles. The zero-order valence-electron chi connectivity index (χ0n) is 22.4. The second-order valence-electron chi connectivity index (χ2n) is 9.42. The van der Waals surface area contributed by atoms with Crippen molar-refractivity contribution in [1.29, 1.82) is 0 Å². The van der Waals surface area contributed by atoms with E-state index in [4.69, 9.17) is 0 Å². The summed E-state index contributed by atoms with van der Waals surface area (Å²) in [7, 11) is 0. The van der Waals surface area contributed by atoms with Crippen LogP contribution in [0.2, 0.25) is 0 Å². The molecule has 9 nitrogen and oxygen atoms in total. The topological polar surface area (TPSA) is 102 Å². The number of amides is 2. The predicted molar refractivity (Wildman–Crippen MR) is 149 cm³/mol. The summed E-state index contributed by atoms with van der Waals surface area (Å²) >= 11 is 0. The number of benzene rings is 2. The molecule has 2 heterocycles. The number of nitrogens with one attached hydrogen (secondary N) is 3. The van der Waals surface area contributed by atoms with E-state index in [9.17, 15) is 22.8 Å². The van der Waals surface area contributed by atoms with Crippen molar-refractivity contribution >= 4 is 46.3 Å². The lowest BCUT2D eigenvalue weighted by Gasteiger charge is -2.36. The number of nitrogens with zero attached hydrogens (tertiary/aromatic N) is 4. The molecule has 0 bridgehead atoms. The first-order chi connectivity index (χ1) is 18.9. The molecular formula is C28H30F3N7O2. The molecule has 40 heavy (non-hydrogen) atoms. The first-order valence-electron chi connectivity index (χ1n) is 12.6. The Balaban J connectivity index is 1.58. The summed E-state index contributed by atoms with van der Waals surface area (Å²) in [6, 6.07) is 10.1. The molecule has 2 aromatic carbocycles. The predicted octanol–water partition coefficient (Wildman–Crippen LogP) is 5.39. The lowest BCUT2D eigenvalue weighted by atomic mass is 10.1. The second kappa shape index (κ2) is 11.6. The van der Waals surface area contributed by atoms with Crippen molar-refractivity contribution < 1.29 is 22.8 Å². The quantitative estimate of drug-likeness (QED) is 0.337. The van der Waals surface area contributed by atoms with E-state index in [0.29, 0.717) is 43.2 Å². The van der Waals surface area contributed by atoms with Crippen LogP contribution >= 0.6 is 0 Å². The molecule has 4 rings (SSSR count). The summed E-state index contributed by atoms with van der Waals surface area (Å²) in [6.45, 7) is 11.5. The Bertz CT molecular complexity index is 1430. The third-order valence-electron chi connectivity index (χ3n) is 6.53. The van der Waals surface area contributed by atoms with Crippen molar-refractivity contribution in [3.63, 3.8) is 0 Å². The van der Waals surface area contributed by atoms with Gasteiger partial charge >= 0.3 is 6.18 Å². The van der Waals surface area contributed by atoms with Gasteiger partial charge in [-0.25, -0.2) is 4.98 Å². The highest BCUT2D eigenvalue weighted by Gasteiger charge is 2.35. The van der Waals surface area contributed by atoms with Crippen molar-refractivity contribution in [3.8, 4) is 0 Å². The zero-order chi connectivity index (χ0) is 29.0. The minimum Gasteiger partial charge on any atom is -0.368 e. The normalized spacial score (nSPS) is 13.6. The molecule has 3 N–H and O–H groups in total. The Hall–Kier alpha value is -4.61. The molecule has 210 valence electrons. The number of anilines is 6. The van der Waals surface area contributed by atoms with Gasteiger partial charge in [-0.05, 0) is 61.4 Å². The van der Waals surface area contributed by atoms with Gasteiger partial charge in [-0.2, -0.15) is 18.2 Å². The van der Waals surface area contributed by atoms with Crippen molar-refractivity contribution in [1.82, 2.24) is 14.9 Å². The first kappa shape index (κ1) is 28.4. The lowest BCUT2D eigenvalue weighted by Crippen LogP contribution is -2.48. The van der Waals surface area contributed by atoms with Crippen molar-refractivity contribution in [2.75, 3.05) is 47.0 Å². The van der Waals surface area contributed by atoms with Gasteiger partial charge in [0.15, 0.2) is 0 Å². The van der Waals surface area contributed by atoms with Gasteiger partial charge in [0.1, 0.15) is 11.4 Å². The molecule has 3 aromatic rings. The summed E-state index contributed by atoms with van der Waals surface area (Å²) < 4.78 is 41.3. The standard InChI is InChI=1S/C28H30F3N7O2/c1-5-25(40)33-20-7-6-8-21(15-20)34-26-22(28(29,30)31)16-32-27(36-26)35-23-13-18(3)24(14-17(23)2)38-11-9-37(10-12-38)19(4)39/h5-8,13-16H,1,9-12H2,2-4H3,(H,33,40)(H2,32,34,35,36). The fourth-order valence-corrected chi connectivity index (χ4v) is 4.41. The number of piperazine rings is 1. The van der Waals surface area contributed by atoms with E-state index in [0.717, 1.165) is 29.1 Å². The number of halogens is 3. The third kappa shape index (κ3) is 6.68. The van der Waals surface area contributed by atoms with Crippen LogP contribution in [0.5, 0.6) is 0 Å². The van der Waals surface area contributed by atoms with E-state index >= 15 is 0 Å². The fourth-order valence-electron chi connectivity index (χ4n) is 4.41. The zero-order valence-corrected chi connectivity index (χ0v) is 22.4. The van der Waals surface area contributed by atoms with Crippen LogP contribution in [-0.4, -0.2) is 52.9 Å². The van der Waals surface area contributed by atoms with Gasteiger partial charge in [-0.15, -0.1) is 0 Å². The van der Waals surface area contributed by atoms with Gasteiger partial charge in [-0.1, -0.05) is 12.6 Å². The van der Waals surface area contributed by atoms with E-state index in [2.05, 4.69) is 37.4 Å². The smallest absolute Gasteiger partial charge is 0.368 e. The van der Waals surface area contributed by atoms with Crippen LogP contribution in [-0.2, 0) is 15.8 Å². The maximum absolute atomic E-state index is 13.8. The number of hydrogen-bond donors (Lipinski definition) is 3. The van der Waals surface area contributed by atoms with Crippen molar-refractivity contribution in [2.24, 2.45) is 0 Å². The fraction of sp³-hybridized carbons (Fsp3) is 0.286. The highest BCUT2D eigenvalue weighted by atomic mass is 19.4. The van der Waals surface area contributed by atoms with E-state index in [1.54, 1.807) is 25.1 Å². The van der Waals surface area contributed by atoms with Crippen LogP contribution in [0.25, 0.3) is 0 Å². The van der Waals surface area contributed by atoms with Gasteiger partial charge < -0.3 is 25.8 Å². The van der Waals surface area contributed by atoms with Crippen LogP contribution in [0, 0.1) is 13.8 Å². The largest absolute Gasteiger partial charge is 0.421 e. The van der Waals surface area contributed by atoms with Crippen molar-refractivity contribution in [3.05, 3.63) is 71.9 Å². The van der Waals surface area contributed by atoms with Gasteiger partial charge in [0, 0.05) is 62.0 Å². The molecule has 0 spiro atoms. The molecule has 0 atom stereocenters. The number of rotatable bonds is 7. The van der Waals surface area contributed by atoms with Gasteiger partial charge in [0.25, 0.3) is 0 Å². The SMILES string of the molecule is C=CC(=O)Nc1cccc(Nc2nc(Nc3cc(C)c(N4CCN(C(C)=O)CC4)cc3C)ncc2C(F)(F)F)c1. The number of hydrogen-bond acceptors (Lipinski definition) is 7. The van der Waals surface area contributed by atoms with E-state index in [1.807, 2.05) is 30.9 Å². The number of carbonyl (C=O) groups is 2. The molecule has 0 unspecified atom stereocenters. The monoisotopic (exact) mass is 553 g/mol. The first-order valence-corrected chi connectivity index (χ1v) is 12.6. The average molecular weight is 554 g/mol. The van der Waals surface area contributed by atoms with Crippen molar-refractivity contribution in [2.45, 2.75) is 26.9 Å². The van der Waals surface area contributed by atoms with Gasteiger partial charge in [0.2, 0.25) is 17.8 Å². The van der Waals surface area contributed by atoms with E-state index in [1.165, 1.54) is 6.07 Å². The highest BCUT2D eigenvalue weighted by Crippen LogP contribution is 2.36. The Morgan fingerprint density at radius 1 is 1.00 bits per heavy atom. The van der Waals surface area contributed by atoms with E-state index in [-0.39, 0.29) is 11.9 Å². The Morgan fingerprint density at radius 2 is 1.70 bits per heavy atom. The Kier molecular flexibility index (Phi) is 8.26. The molecule has 1 aromatic heterocycles. The van der Waals surface area contributed by atoms with Gasteiger partial charge in [-0.3, -0.25) is 9.59 Å². The summed E-state index contributed by atoms with van der Waals surface area (Å²) in [6.07, 6.45) is -2.88. The molecule has 1 aliphatic rings. The maximum atomic E-state index is 13.8. The van der Waals surface area contributed by atoms with Crippen LogP contribution in [0.3, 0.4) is 0 Å². The lowest BCUT2D eigenvalue weighted by molar-refractivity contribution is -0.137. The Labute approximate surface area is 230 Å². The average Bonchev–Trinajstić information content (AvgIpc) is 2.90. The summed E-state index contributed by atoms with van der Waals surface area (Å²) in [5.74, 6) is -0.843. The molecule has 0 saturated carbocycles. The summed E-state index contributed by atoms with van der Waals surface area (Å²) in [4.78, 5) is 35.4. The summed E-state index contributed by atoms with van der Waals surface area (Å²) in [5, 5.41) is 8.32. The molecule has 12 heteroatoms. The van der Waals surface area contributed by atoms with E-state index < -0.39 is 23.5 Å². The molecule has 2 amide bonds. The number of alkyl halides is 3. The van der Waals surface area contributed by atoms with Crippen LogP contribution < -0.4 is 20.9 Å². The molecule has 0 radical (unpaired) electrons. The second-order valence-corrected chi connectivity index (χ2v) is 9.42. The molecule has 0 aliphatic carbocycles. The minimum atomic E-state index is -4.70. The molecule has 1 fully saturated rings. The van der Waals surface area contributed by atoms with Crippen LogP contribution in [0.4, 0.5) is 47.7 Å². The maximum Gasteiger partial charge on any atom is 0.421 e. The number of carbonyl (C=O) groups excluding carboxylic acids is 2. The van der Waals surface area contributed by atoms with Gasteiger partial charge in [0.05, 0.1) is 0 Å². The molecular weight excluding hydrogens is 523 g/mol. The molecule has 1 saturated heterocycles. The third-order valence-corrected chi connectivity index (χ3v) is 6.53. The summed E-state index contributed by atoms with van der Waals surface area (Å²) in [5.41, 5.74) is 3.15. The number of aromatic nitrogens is 2. The van der Waals surface area contributed by atoms with Crippen LogP contribution in [0.15, 0.2) is 55.3 Å².